The lowest BCUT2D eigenvalue weighted by atomic mass is 10.2. The van der Waals surface area contributed by atoms with Crippen molar-refractivity contribution in [2.75, 3.05) is 25.1 Å². The summed E-state index contributed by atoms with van der Waals surface area (Å²) < 4.78 is 36.2. The van der Waals surface area contributed by atoms with E-state index in [0.29, 0.717) is 4.31 Å². The van der Waals surface area contributed by atoms with Crippen LogP contribution < -0.4 is 4.31 Å². The number of methoxy groups -OCH3 is 2. The van der Waals surface area contributed by atoms with Crippen LogP contribution >= 0.6 is 0 Å². The first-order valence-corrected chi connectivity index (χ1v) is 9.17. The number of ether oxygens (including phenoxy) is 2. The molecule has 0 heterocycles. The van der Waals surface area contributed by atoms with Crippen molar-refractivity contribution in [3.63, 3.8) is 0 Å². The van der Waals surface area contributed by atoms with Gasteiger partial charge in [0, 0.05) is 12.1 Å². The standard InChI is InChI=1S/C17H16N2O8S/c1-26-16(20)11-18(15-6-4-3-5-14(15)17(21)27-2)28(24,25)13-9-7-12(8-10-13)19(22)23/h3-10H,11H2,1-2H3. The topological polar surface area (TPSA) is 133 Å². The molecule has 2 aromatic carbocycles. The molecule has 28 heavy (non-hydrogen) atoms. The first-order chi connectivity index (χ1) is 13.2. The average molecular weight is 408 g/mol. The van der Waals surface area contributed by atoms with E-state index in [9.17, 15) is 28.1 Å². The van der Waals surface area contributed by atoms with Crippen LogP contribution in [0.3, 0.4) is 0 Å². The number of nitro groups is 1. The summed E-state index contributed by atoms with van der Waals surface area (Å²) in [5.41, 5.74) is -0.481. The number of rotatable bonds is 7. The maximum Gasteiger partial charge on any atom is 0.340 e. The van der Waals surface area contributed by atoms with Gasteiger partial charge in [0.25, 0.3) is 15.7 Å². The molecule has 0 spiro atoms. The van der Waals surface area contributed by atoms with Gasteiger partial charge in [-0.15, -0.1) is 0 Å². The van der Waals surface area contributed by atoms with E-state index in [1.54, 1.807) is 0 Å². The molecule has 0 saturated carbocycles. The number of nitrogens with zero attached hydrogens (tertiary/aromatic N) is 2. The molecule has 148 valence electrons. The predicted molar refractivity (Wildman–Crippen MR) is 97.4 cm³/mol. The molecule has 0 aliphatic carbocycles. The molecular formula is C17H16N2O8S. The summed E-state index contributed by atoms with van der Waals surface area (Å²) in [5, 5.41) is 10.8. The molecular weight excluding hydrogens is 392 g/mol. The fourth-order valence-corrected chi connectivity index (χ4v) is 3.75. The molecule has 2 aromatic rings. The third kappa shape index (κ3) is 4.26. The lowest BCUT2D eigenvalue weighted by Gasteiger charge is -2.25. The van der Waals surface area contributed by atoms with Crippen LogP contribution in [0.2, 0.25) is 0 Å². The van der Waals surface area contributed by atoms with Crippen molar-refractivity contribution in [1.82, 2.24) is 0 Å². The van der Waals surface area contributed by atoms with Gasteiger partial charge in [-0.05, 0) is 24.3 Å². The normalized spacial score (nSPS) is 10.8. The largest absolute Gasteiger partial charge is 0.468 e. The fourth-order valence-electron chi connectivity index (χ4n) is 2.32. The number of hydrogen-bond acceptors (Lipinski definition) is 8. The van der Waals surface area contributed by atoms with Crippen LogP contribution in [-0.4, -0.2) is 46.0 Å². The molecule has 0 fully saturated rings. The highest BCUT2D eigenvalue weighted by molar-refractivity contribution is 7.92. The molecule has 0 aromatic heterocycles. The quantitative estimate of drug-likeness (QED) is 0.384. The number of carbonyl (C=O) groups is 2. The Morgan fingerprint density at radius 2 is 1.64 bits per heavy atom. The van der Waals surface area contributed by atoms with Crippen molar-refractivity contribution in [3.8, 4) is 0 Å². The van der Waals surface area contributed by atoms with Crippen molar-refractivity contribution in [3.05, 3.63) is 64.2 Å². The van der Waals surface area contributed by atoms with Crippen LogP contribution in [0, 0.1) is 10.1 Å². The average Bonchev–Trinajstić information content (AvgIpc) is 2.71. The highest BCUT2D eigenvalue weighted by Gasteiger charge is 2.31. The third-order valence-corrected chi connectivity index (χ3v) is 5.49. The number of sulfonamides is 1. The predicted octanol–water partition coefficient (Wildman–Crippen LogP) is 1.75. The van der Waals surface area contributed by atoms with Gasteiger partial charge in [-0.2, -0.15) is 0 Å². The smallest absolute Gasteiger partial charge is 0.340 e. The van der Waals surface area contributed by atoms with Crippen LogP contribution in [-0.2, 0) is 24.3 Å². The summed E-state index contributed by atoms with van der Waals surface area (Å²) in [4.78, 5) is 33.7. The van der Waals surface area contributed by atoms with E-state index in [1.807, 2.05) is 0 Å². The summed E-state index contributed by atoms with van der Waals surface area (Å²) in [5.74, 6) is -1.67. The van der Waals surface area contributed by atoms with E-state index in [4.69, 9.17) is 0 Å². The molecule has 0 aliphatic heterocycles. The zero-order valence-corrected chi connectivity index (χ0v) is 15.7. The van der Waals surface area contributed by atoms with Gasteiger partial charge in [0.2, 0.25) is 0 Å². The second-order valence-electron chi connectivity index (χ2n) is 5.35. The van der Waals surface area contributed by atoms with Crippen LogP contribution in [0.1, 0.15) is 10.4 Å². The van der Waals surface area contributed by atoms with Gasteiger partial charge >= 0.3 is 11.9 Å². The van der Waals surface area contributed by atoms with E-state index >= 15 is 0 Å². The lowest BCUT2D eigenvalue weighted by Crippen LogP contribution is -2.37. The van der Waals surface area contributed by atoms with Crippen molar-refractivity contribution in [1.29, 1.82) is 0 Å². The molecule has 10 nitrogen and oxygen atoms in total. The van der Waals surface area contributed by atoms with Crippen LogP contribution in [0.15, 0.2) is 53.4 Å². The zero-order valence-electron chi connectivity index (χ0n) is 14.9. The van der Waals surface area contributed by atoms with E-state index in [2.05, 4.69) is 9.47 Å². The van der Waals surface area contributed by atoms with Gasteiger partial charge in [-0.3, -0.25) is 19.2 Å². The molecule has 0 N–H and O–H groups in total. The molecule has 0 saturated heterocycles. The molecule has 0 aliphatic rings. The van der Waals surface area contributed by atoms with Crippen LogP contribution in [0.4, 0.5) is 11.4 Å². The number of benzene rings is 2. The summed E-state index contributed by atoms with van der Waals surface area (Å²) in [7, 11) is -2.14. The molecule has 2 rings (SSSR count). The van der Waals surface area contributed by atoms with Crippen LogP contribution in [0.25, 0.3) is 0 Å². The first kappa shape index (κ1) is 20.8. The minimum absolute atomic E-state index is 0.0839. The number of nitro benzene ring substituents is 1. The van der Waals surface area contributed by atoms with Crippen molar-refractivity contribution < 1.29 is 32.4 Å². The van der Waals surface area contributed by atoms with Crippen LogP contribution in [0.5, 0.6) is 0 Å². The Balaban J connectivity index is 2.62. The summed E-state index contributed by atoms with van der Waals surface area (Å²) >= 11 is 0. The second-order valence-corrected chi connectivity index (χ2v) is 7.21. The Morgan fingerprint density at radius 1 is 1.04 bits per heavy atom. The highest BCUT2D eigenvalue weighted by Crippen LogP contribution is 2.28. The Hall–Kier alpha value is -3.47. The van der Waals surface area contributed by atoms with Gasteiger partial charge in [-0.1, -0.05) is 12.1 Å². The zero-order chi connectivity index (χ0) is 20.9. The van der Waals surface area contributed by atoms with Gasteiger partial charge in [-0.25, -0.2) is 13.2 Å². The number of para-hydroxylation sites is 1. The maximum absolute atomic E-state index is 13.1. The number of carbonyl (C=O) groups excluding carboxylic acids is 2. The number of non-ortho nitro benzene ring substituents is 1. The minimum Gasteiger partial charge on any atom is -0.468 e. The number of hydrogen-bond donors (Lipinski definition) is 0. The Labute approximate surface area is 160 Å². The molecule has 0 bridgehead atoms. The van der Waals surface area contributed by atoms with Gasteiger partial charge in [0.05, 0.1) is 35.3 Å². The van der Waals surface area contributed by atoms with E-state index < -0.39 is 33.4 Å². The number of anilines is 1. The summed E-state index contributed by atoms with van der Waals surface area (Å²) in [6.45, 7) is -0.718. The second kappa shape index (κ2) is 8.48. The van der Waals surface area contributed by atoms with Crippen molar-refractivity contribution in [2.45, 2.75) is 4.90 Å². The highest BCUT2D eigenvalue weighted by atomic mass is 32.2. The maximum atomic E-state index is 13.1. The van der Waals surface area contributed by atoms with E-state index in [0.717, 1.165) is 38.5 Å². The molecule has 0 unspecified atom stereocenters. The fraction of sp³-hybridized carbons (Fsp3) is 0.176. The summed E-state index contributed by atoms with van der Waals surface area (Å²) in [6.07, 6.45) is 0. The minimum atomic E-state index is -4.36. The lowest BCUT2D eigenvalue weighted by molar-refractivity contribution is -0.384. The Bertz CT molecular complexity index is 1000. The first-order valence-electron chi connectivity index (χ1n) is 7.73. The Kier molecular flexibility index (Phi) is 6.31. The monoisotopic (exact) mass is 408 g/mol. The van der Waals surface area contributed by atoms with E-state index in [-0.39, 0.29) is 21.8 Å². The molecule has 0 radical (unpaired) electrons. The van der Waals surface area contributed by atoms with Gasteiger partial charge in [0.1, 0.15) is 6.54 Å². The molecule has 11 heteroatoms. The third-order valence-electron chi connectivity index (χ3n) is 3.71. The van der Waals surface area contributed by atoms with Gasteiger partial charge in [0.15, 0.2) is 0 Å². The Morgan fingerprint density at radius 3 is 2.18 bits per heavy atom. The van der Waals surface area contributed by atoms with Crippen molar-refractivity contribution in [2.24, 2.45) is 0 Å². The molecule has 0 amide bonds. The summed E-state index contributed by atoms with van der Waals surface area (Å²) in [6, 6.07) is 9.79. The van der Waals surface area contributed by atoms with E-state index in [1.165, 1.54) is 24.3 Å². The van der Waals surface area contributed by atoms with Crippen molar-refractivity contribution >= 4 is 33.3 Å². The van der Waals surface area contributed by atoms with Gasteiger partial charge < -0.3 is 9.47 Å². The molecule has 0 atom stereocenters. The number of esters is 2. The SMILES string of the molecule is COC(=O)CN(c1ccccc1C(=O)OC)S(=O)(=O)c1ccc([N+](=O)[O-])cc1.